The quantitative estimate of drug-likeness (QED) is 0.0328. The lowest BCUT2D eigenvalue weighted by atomic mass is 10.1. The van der Waals surface area contributed by atoms with Crippen LogP contribution in [0.25, 0.3) is 0 Å². The molecule has 85 heavy (non-hydrogen) atoms. The van der Waals surface area contributed by atoms with Crippen molar-refractivity contribution in [1.82, 2.24) is 36.7 Å². The second-order valence-electron chi connectivity index (χ2n) is 21.7. The average molecular weight is 1240 g/mol. The molecule has 0 bridgehead atoms. The van der Waals surface area contributed by atoms with Gasteiger partial charge in [-0.15, -0.1) is 0 Å². The highest BCUT2D eigenvalue weighted by Crippen LogP contribution is 2.28. The molecule has 2 heterocycles. The second kappa shape index (κ2) is 52.0. The van der Waals surface area contributed by atoms with Crippen LogP contribution in [0.5, 0.6) is 0 Å². The molecule has 0 saturated heterocycles. The van der Waals surface area contributed by atoms with Gasteiger partial charge in [-0.05, 0) is 26.2 Å². The largest absolute Gasteiger partial charge is 0.481 e. The fourth-order valence-corrected chi connectivity index (χ4v) is 4.20. The van der Waals surface area contributed by atoms with Crippen molar-refractivity contribution in [3.8, 4) is 0 Å². The van der Waals surface area contributed by atoms with Gasteiger partial charge < -0.3 is 60.3 Å². The number of carboxylic acid groups (broad SMARTS) is 1. The lowest BCUT2D eigenvalue weighted by Gasteiger charge is -2.18. The Morgan fingerprint density at radius 3 is 1.39 bits per heavy atom. The number of aliphatic hydroxyl groups is 2. The first-order valence-corrected chi connectivity index (χ1v) is 28.0. The summed E-state index contributed by atoms with van der Waals surface area (Å²) in [5.41, 5.74) is -0.815. The number of nitrogens with zero attached hydrogens (tertiary/aromatic N) is 2. The molecule has 7 amide bonds. The minimum absolute atomic E-state index is 0.00477. The average Bonchev–Trinajstić information content (AvgIpc) is 3.85. The minimum atomic E-state index is -2.76. The summed E-state index contributed by atoms with van der Waals surface area (Å²) >= 11 is 0. The fourth-order valence-electron chi connectivity index (χ4n) is 4.20. The normalized spacial score (nSPS) is 12.9. The zero-order chi connectivity index (χ0) is 67.0. The number of alkyl halides is 5. The van der Waals surface area contributed by atoms with Crippen LogP contribution in [-0.4, -0.2) is 156 Å². The van der Waals surface area contributed by atoms with Gasteiger partial charge >= 0.3 is 18.6 Å². The monoisotopic (exact) mass is 1240 g/mol. The predicted octanol–water partition coefficient (Wildman–Crippen LogP) is 7.23. The Hall–Kier alpha value is -6.33. The summed E-state index contributed by atoms with van der Waals surface area (Å²) in [6.07, 6.45) is 2.53. The number of aliphatic hydroxyl groups excluding tert-OH is 1. The molecule has 1 fully saturated rings. The molecule has 496 valence electrons. The molecule has 29 heteroatoms. The lowest BCUT2D eigenvalue weighted by Crippen LogP contribution is -2.39. The highest BCUT2D eigenvalue weighted by molar-refractivity contribution is 5.91. The first-order chi connectivity index (χ1) is 39.2. The number of carboxylic acids is 1. The number of oxazole rings is 1. The van der Waals surface area contributed by atoms with E-state index in [0.29, 0.717) is 50.9 Å². The van der Waals surface area contributed by atoms with Gasteiger partial charge in [0.05, 0.1) is 50.5 Å². The summed E-state index contributed by atoms with van der Waals surface area (Å²) < 4.78 is 76.4. The Labute approximate surface area is 498 Å². The molecular weight excluding hydrogens is 1130 g/mol. The number of hydrogen-bond acceptors (Lipinski definition) is 16. The van der Waals surface area contributed by atoms with Gasteiger partial charge in [0.15, 0.2) is 0 Å². The van der Waals surface area contributed by atoms with Crippen LogP contribution in [0, 0.1) is 47.3 Å². The summed E-state index contributed by atoms with van der Waals surface area (Å²) in [5, 5.41) is 46.6. The topological polar surface area (TPSA) is 352 Å². The number of aliphatic carboxylic acids is 1. The molecule has 1 aliphatic rings. The van der Waals surface area contributed by atoms with Crippen LogP contribution >= 0.6 is 0 Å². The van der Waals surface area contributed by atoms with Crippen LogP contribution in [0.3, 0.4) is 0 Å². The summed E-state index contributed by atoms with van der Waals surface area (Å²) in [7, 11) is 0. The minimum Gasteiger partial charge on any atom is -0.481 e. The van der Waals surface area contributed by atoms with E-state index in [1.807, 2.05) is 69.2 Å². The maximum Gasteiger partial charge on any atom is 0.345 e. The molecule has 2 aromatic rings. The van der Waals surface area contributed by atoms with Crippen molar-refractivity contribution in [3.05, 3.63) is 24.7 Å². The van der Waals surface area contributed by atoms with Gasteiger partial charge in [-0.25, -0.2) is 18.2 Å². The molecular formula is C56H102F5N9O15. The summed E-state index contributed by atoms with van der Waals surface area (Å²) in [6.45, 7) is 30.5. The van der Waals surface area contributed by atoms with Crippen LogP contribution < -0.4 is 37.2 Å². The van der Waals surface area contributed by atoms with Crippen LogP contribution in [0.4, 0.5) is 33.9 Å². The van der Waals surface area contributed by atoms with Gasteiger partial charge in [-0.3, -0.25) is 49.0 Å². The number of hydrogen-bond donors (Lipinski definition) is 10. The van der Waals surface area contributed by atoms with E-state index in [0.717, 1.165) is 6.42 Å². The standard InChI is InChI=1S/C9H16FNO2.C8H17NO2.C7H13F2NO2.2C7H10N2O2.C6H11F2NO.C6H13NO2.C6H12O2/c1-6(2)9(12)11-3-4-13-8-5-7(8)10;1-6(2)7(10)9-5-8(3,4)11;1-5(2)6(11)10-3-4-12-7(8)9;1-5(2)6(10)9-7-8-3-4-11-7;1-5(2)7(10)9-6-3-4-8-11-6;1-4(2)6(10)9-3-5(7)8;1-5(2)6(9)7-3-4-8;1-5(2)3-4-6(7)8/h6-8H,3-5H2,1-2H3,(H,11,12);6,11H,5H2,1-4H3,(H,9,10);5,7H,3-4H2,1-2H3,(H,10,11);3-5H,1-2H3,(H,8,9,10);3-5H,1-2H3,(H,9,10);4-5H,3H2,1-2H3,(H,9,10);5,8H,3-4H2,1-2H3,(H,7,9);5H,3-4H2,1-2H3,(H,7,8). The van der Waals surface area contributed by atoms with Crippen LogP contribution in [0.15, 0.2) is 33.7 Å². The molecule has 2 unspecified atom stereocenters. The van der Waals surface area contributed by atoms with Gasteiger partial charge in [0.1, 0.15) is 12.4 Å². The molecule has 0 radical (unpaired) electrons. The summed E-state index contributed by atoms with van der Waals surface area (Å²) in [4.78, 5) is 89.8. The Balaban J connectivity index is -0.000000288. The molecule has 2 atom stereocenters. The van der Waals surface area contributed by atoms with Gasteiger partial charge in [0, 0.05) is 86.5 Å². The number of nitrogens with one attached hydrogen (secondary N) is 7. The summed E-state index contributed by atoms with van der Waals surface area (Å²) in [6, 6.07) is 1.85. The van der Waals surface area contributed by atoms with E-state index in [-0.39, 0.29) is 115 Å². The number of ether oxygens (including phenoxy) is 2. The van der Waals surface area contributed by atoms with Crippen molar-refractivity contribution in [2.24, 2.45) is 47.3 Å². The number of amides is 7. The van der Waals surface area contributed by atoms with Crippen molar-refractivity contribution in [3.63, 3.8) is 0 Å². The zero-order valence-electron chi connectivity index (χ0n) is 53.0. The Morgan fingerprint density at radius 2 is 1.06 bits per heavy atom. The first-order valence-electron chi connectivity index (χ1n) is 28.0. The van der Waals surface area contributed by atoms with E-state index in [1.165, 1.54) is 18.7 Å². The smallest absolute Gasteiger partial charge is 0.345 e. The van der Waals surface area contributed by atoms with Crippen molar-refractivity contribution >= 4 is 59.2 Å². The van der Waals surface area contributed by atoms with Crippen LogP contribution in [-0.2, 0) is 47.8 Å². The Morgan fingerprint density at radius 1 is 0.635 bits per heavy atom. The third-order valence-corrected chi connectivity index (χ3v) is 9.53. The van der Waals surface area contributed by atoms with E-state index < -0.39 is 37.3 Å². The molecule has 1 aliphatic carbocycles. The summed E-state index contributed by atoms with van der Waals surface area (Å²) in [5.74, 6) is -0.927. The van der Waals surface area contributed by atoms with Crippen LogP contribution in [0.2, 0.25) is 0 Å². The molecule has 3 rings (SSSR count). The number of carbonyl (C=O) groups is 8. The molecule has 0 aromatic carbocycles. The molecule has 0 spiro atoms. The maximum atomic E-state index is 12.3. The highest BCUT2D eigenvalue weighted by Gasteiger charge is 2.38. The van der Waals surface area contributed by atoms with Crippen molar-refractivity contribution in [2.75, 3.05) is 63.2 Å². The molecule has 10 N–H and O–H groups in total. The van der Waals surface area contributed by atoms with E-state index in [1.54, 1.807) is 61.5 Å². The molecule has 24 nitrogen and oxygen atoms in total. The molecule has 0 aliphatic heterocycles. The van der Waals surface area contributed by atoms with Crippen molar-refractivity contribution < 1.29 is 94.0 Å². The van der Waals surface area contributed by atoms with Gasteiger partial charge in [0.25, 0.3) is 6.43 Å². The van der Waals surface area contributed by atoms with Crippen molar-refractivity contribution in [2.45, 2.75) is 175 Å². The van der Waals surface area contributed by atoms with Gasteiger partial charge in [0.2, 0.25) is 47.2 Å². The SMILES string of the molecule is CC(C)C(=O)NCC(C)(C)O.CC(C)C(=O)NCC(F)F.CC(C)C(=O)NCCO.CC(C)C(=O)NCCOC(F)F.CC(C)C(=O)NCCOC1CC1F.CC(C)C(=O)Nc1ccno1.CC(C)C(=O)Nc1ncco1.CC(C)CCC(=O)O. The molecule has 2 aromatic heterocycles. The predicted molar refractivity (Wildman–Crippen MR) is 311 cm³/mol. The Bertz CT molecular complexity index is 1990. The van der Waals surface area contributed by atoms with E-state index in [4.69, 9.17) is 19.4 Å². The lowest BCUT2D eigenvalue weighted by molar-refractivity contribution is -0.137. The number of rotatable bonds is 26. The van der Waals surface area contributed by atoms with E-state index in [9.17, 15) is 65.4 Å². The molecule has 1 saturated carbocycles. The number of anilines is 2. The first kappa shape index (κ1) is 87.4. The van der Waals surface area contributed by atoms with E-state index >= 15 is 0 Å². The third kappa shape index (κ3) is 63.5. The van der Waals surface area contributed by atoms with Crippen molar-refractivity contribution in [1.29, 1.82) is 0 Å². The highest BCUT2D eigenvalue weighted by atomic mass is 19.3. The Kier molecular flexibility index (Phi) is 53.5. The fraction of sp³-hybridized carbons (Fsp3) is 0.750. The van der Waals surface area contributed by atoms with Gasteiger partial charge in [-0.1, -0.05) is 116 Å². The van der Waals surface area contributed by atoms with Gasteiger partial charge in [-0.2, -0.15) is 8.78 Å². The zero-order valence-corrected chi connectivity index (χ0v) is 53.0. The van der Waals surface area contributed by atoms with E-state index in [2.05, 4.69) is 56.6 Å². The second-order valence-corrected chi connectivity index (χ2v) is 21.7. The number of halogens is 5. The third-order valence-electron chi connectivity index (χ3n) is 9.53. The number of carbonyl (C=O) groups excluding carboxylic acids is 7. The maximum absolute atomic E-state index is 12.3. The number of aromatic nitrogens is 2. The van der Waals surface area contributed by atoms with Crippen LogP contribution in [0.1, 0.15) is 144 Å².